The largest absolute Gasteiger partial charge is 0.392 e. The monoisotopic (exact) mass is 269 g/mol. The van der Waals surface area contributed by atoms with Crippen LogP contribution in [-0.2, 0) is 4.74 Å². The SMILES string of the molecule is N#C[C@]1(CO)O[C@@H](n2ccc(=O)[nH]c2=O)C(O)C1O. The fourth-order valence-corrected chi connectivity index (χ4v) is 1.89. The fourth-order valence-electron chi connectivity index (χ4n) is 1.89. The molecule has 2 rings (SSSR count). The van der Waals surface area contributed by atoms with Gasteiger partial charge in [0, 0.05) is 12.3 Å². The molecule has 0 bridgehead atoms. The number of aromatic amines is 1. The van der Waals surface area contributed by atoms with Crippen LogP contribution in [0.3, 0.4) is 0 Å². The summed E-state index contributed by atoms with van der Waals surface area (Å²) in [4.78, 5) is 24.4. The Morgan fingerprint density at radius 3 is 2.68 bits per heavy atom. The van der Waals surface area contributed by atoms with E-state index in [1.54, 1.807) is 6.07 Å². The standard InChI is InChI=1S/C10H11N3O6/c11-3-10(4-14)7(17)6(16)8(19-10)13-2-1-5(15)12-9(13)18/h1-2,6-8,14,16-17H,4H2,(H,12,15,18)/t6?,7?,8-,10-/m1/s1. The second kappa shape index (κ2) is 4.60. The van der Waals surface area contributed by atoms with Crippen LogP contribution >= 0.6 is 0 Å². The number of aromatic nitrogens is 2. The molecule has 0 saturated carbocycles. The number of nitriles is 1. The van der Waals surface area contributed by atoms with E-state index in [1.807, 2.05) is 4.98 Å². The molecule has 4 N–H and O–H groups in total. The summed E-state index contributed by atoms with van der Waals surface area (Å²) in [7, 11) is 0. The predicted molar refractivity (Wildman–Crippen MR) is 58.9 cm³/mol. The van der Waals surface area contributed by atoms with Crippen LogP contribution in [0.2, 0.25) is 0 Å². The molecule has 9 heteroatoms. The highest BCUT2D eigenvalue weighted by Gasteiger charge is 2.55. The van der Waals surface area contributed by atoms with Crippen LogP contribution in [0.1, 0.15) is 6.23 Å². The quantitative estimate of drug-likeness (QED) is 0.448. The van der Waals surface area contributed by atoms with Crippen molar-refractivity contribution in [3.8, 4) is 6.07 Å². The number of aliphatic hydroxyl groups is 3. The maximum atomic E-state index is 11.6. The Morgan fingerprint density at radius 2 is 2.21 bits per heavy atom. The van der Waals surface area contributed by atoms with E-state index in [9.17, 15) is 19.8 Å². The zero-order valence-electron chi connectivity index (χ0n) is 9.55. The summed E-state index contributed by atoms with van der Waals surface area (Å²) in [6, 6.07) is 2.59. The summed E-state index contributed by atoms with van der Waals surface area (Å²) >= 11 is 0. The first kappa shape index (κ1) is 13.4. The average molecular weight is 269 g/mol. The number of ether oxygens (including phenoxy) is 1. The van der Waals surface area contributed by atoms with Crippen molar-refractivity contribution in [1.29, 1.82) is 5.26 Å². The van der Waals surface area contributed by atoms with Gasteiger partial charge in [-0.05, 0) is 0 Å². The molecule has 9 nitrogen and oxygen atoms in total. The van der Waals surface area contributed by atoms with Gasteiger partial charge in [0.05, 0.1) is 6.61 Å². The molecule has 2 unspecified atom stereocenters. The van der Waals surface area contributed by atoms with Gasteiger partial charge in [-0.3, -0.25) is 14.3 Å². The number of nitrogens with one attached hydrogen (secondary N) is 1. The van der Waals surface area contributed by atoms with Gasteiger partial charge >= 0.3 is 5.69 Å². The number of rotatable bonds is 2. The van der Waals surface area contributed by atoms with Gasteiger partial charge in [0.15, 0.2) is 6.23 Å². The topological polar surface area (TPSA) is 149 Å². The molecule has 4 atom stereocenters. The van der Waals surface area contributed by atoms with E-state index in [1.165, 1.54) is 0 Å². The molecule has 0 radical (unpaired) electrons. The molecule has 0 spiro atoms. The smallest absolute Gasteiger partial charge is 0.330 e. The molecule has 102 valence electrons. The van der Waals surface area contributed by atoms with Crippen molar-refractivity contribution in [2.45, 2.75) is 24.0 Å². The van der Waals surface area contributed by atoms with E-state index in [-0.39, 0.29) is 0 Å². The Hall–Kier alpha value is -1.99. The summed E-state index contributed by atoms with van der Waals surface area (Å²) in [5.41, 5.74) is -3.52. The highest BCUT2D eigenvalue weighted by Crippen LogP contribution is 2.35. The summed E-state index contributed by atoms with van der Waals surface area (Å²) < 4.78 is 5.93. The number of hydrogen-bond donors (Lipinski definition) is 4. The lowest BCUT2D eigenvalue weighted by molar-refractivity contribution is -0.0948. The van der Waals surface area contributed by atoms with Crippen LogP contribution in [0.15, 0.2) is 21.9 Å². The third kappa shape index (κ3) is 1.96. The van der Waals surface area contributed by atoms with Gasteiger partial charge in [-0.2, -0.15) is 5.26 Å². The number of aliphatic hydroxyl groups excluding tert-OH is 3. The zero-order chi connectivity index (χ0) is 14.2. The Balaban J connectivity index is 2.46. The normalized spacial score (nSPS) is 34.1. The Kier molecular flexibility index (Phi) is 3.25. The molecule has 2 heterocycles. The molecule has 0 aliphatic carbocycles. The number of nitrogens with zero attached hydrogens (tertiary/aromatic N) is 2. The van der Waals surface area contributed by atoms with Crippen molar-refractivity contribution in [3.63, 3.8) is 0 Å². The molecule has 1 aliphatic heterocycles. The maximum Gasteiger partial charge on any atom is 0.330 e. The number of H-pyrrole nitrogens is 1. The van der Waals surface area contributed by atoms with Gasteiger partial charge < -0.3 is 20.1 Å². The van der Waals surface area contributed by atoms with Crippen molar-refractivity contribution in [2.24, 2.45) is 0 Å². The van der Waals surface area contributed by atoms with Gasteiger partial charge in [-0.25, -0.2) is 4.79 Å². The van der Waals surface area contributed by atoms with E-state index in [0.29, 0.717) is 0 Å². The van der Waals surface area contributed by atoms with Gasteiger partial charge in [-0.1, -0.05) is 0 Å². The summed E-state index contributed by atoms with van der Waals surface area (Å²) in [5, 5.41) is 37.6. The molecule has 1 saturated heterocycles. The van der Waals surface area contributed by atoms with Crippen LogP contribution in [0.4, 0.5) is 0 Å². The van der Waals surface area contributed by atoms with Crippen LogP contribution in [-0.4, -0.2) is 49.3 Å². The van der Waals surface area contributed by atoms with Crippen LogP contribution in [0.5, 0.6) is 0 Å². The van der Waals surface area contributed by atoms with Crippen molar-refractivity contribution < 1.29 is 20.1 Å². The molecular formula is C10H11N3O6. The number of hydrogen-bond acceptors (Lipinski definition) is 7. The summed E-state index contributed by atoms with van der Waals surface area (Å²) in [6.45, 7) is -0.851. The molecular weight excluding hydrogens is 258 g/mol. The van der Waals surface area contributed by atoms with Crippen LogP contribution in [0, 0.1) is 11.3 Å². The maximum absolute atomic E-state index is 11.6. The summed E-state index contributed by atoms with van der Waals surface area (Å²) in [6.07, 6.45) is -3.61. The minimum Gasteiger partial charge on any atom is -0.392 e. The Bertz CT molecular complexity index is 631. The molecule has 1 aromatic rings. The highest BCUT2D eigenvalue weighted by atomic mass is 16.6. The lowest BCUT2D eigenvalue weighted by atomic mass is 9.98. The fraction of sp³-hybridized carbons (Fsp3) is 0.500. The van der Waals surface area contributed by atoms with Crippen molar-refractivity contribution >= 4 is 0 Å². The van der Waals surface area contributed by atoms with Gasteiger partial charge in [-0.15, -0.1) is 0 Å². The zero-order valence-corrected chi connectivity index (χ0v) is 9.55. The third-order valence-corrected chi connectivity index (χ3v) is 2.97. The molecule has 0 amide bonds. The first-order valence-corrected chi connectivity index (χ1v) is 5.33. The van der Waals surface area contributed by atoms with Gasteiger partial charge in [0.1, 0.15) is 18.3 Å². The van der Waals surface area contributed by atoms with Crippen molar-refractivity contribution in [2.75, 3.05) is 6.61 Å². The molecule has 19 heavy (non-hydrogen) atoms. The van der Waals surface area contributed by atoms with E-state index >= 15 is 0 Å². The second-order valence-electron chi connectivity index (χ2n) is 4.12. The predicted octanol–water partition coefficient (Wildman–Crippen LogP) is -2.96. The molecule has 0 aromatic carbocycles. The molecule has 1 fully saturated rings. The Labute approximate surface area is 105 Å². The first-order valence-electron chi connectivity index (χ1n) is 5.33. The van der Waals surface area contributed by atoms with E-state index in [0.717, 1.165) is 16.8 Å². The second-order valence-corrected chi connectivity index (χ2v) is 4.12. The lowest BCUT2D eigenvalue weighted by Gasteiger charge is -2.21. The minimum absolute atomic E-state index is 0.636. The van der Waals surface area contributed by atoms with Crippen LogP contribution in [0.25, 0.3) is 0 Å². The highest BCUT2D eigenvalue weighted by molar-refractivity contribution is 5.14. The minimum atomic E-state index is -2.01. The average Bonchev–Trinajstić information content (AvgIpc) is 2.64. The molecule has 1 aromatic heterocycles. The Morgan fingerprint density at radius 1 is 1.53 bits per heavy atom. The van der Waals surface area contributed by atoms with Gasteiger partial charge in [0.2, 0.25) is 5.60 Å². The van der Waals surface area contributed by atoms with E-state index < -0.39 is 41.9 Å². The lowest BCUT2D eigenvalue weighted by Crippen LogP contribution is -2.45. The van der Waals surface area contributed by atoms with Crippen LogP contribution < -0.4 is 11.2 Å². The third-order valence-electron chi connectivity index (χ3n) is 2.97. The summed E-state index contributed by atoms with van der Waals surface area (Å²) in [5.74, 6) is 0. The van der Waals surface area contributed by atoms with Gasteiger partial charge in [0.25, 0.3) is 5.56 Å². The van der Waals surface area contributed by atoms with E-state index in [2.05, 4.69) is 0 Å². The first-order chi connectivity index (χ1) is 8.95. The van der Waals surface area contributed by atoms with E-state index in [4.69, 9.17) is 15.1 Å². The van der Waals surface area contributed by atoms with Crippen molar-refractivity contribution in [1.82, 2.24) is 9.55 Å². The molecule has 1 aliphatic rings. The van der Waals surface area contributed by atoms with Crippen molar-refractivity contribution in [3.05, 3.63) is 33.1 Å².